The van der Waals surface area contributed by atoms with Gasteiger partial charge in [-0.05, 0) is 36.6 Å². The minimum Gasteiger partial charge on any atom is -0.341 e. The lowest BCUT2D eigenvalue weighted by atomic mass is 9.99. The fourth-order valence-corrected chi connectivity index (χ4v) is 4.94. The summed E-state index contributed by atoms with van der Waals surface area (Å²) in [5.74, 6) is 0.0965. The summed E-state index contributed by atoms with van der Waals surface area (Å²) in [4.78, 5) is 23.3. The predicted octanol–water partition coefficient (Wildman–Crippen LogP) is 2.71. The minimum absolute atomic E-state index is 0.00241. The maximum atomic E-state index is 13.2. The van der Waals surface area contributed by atoms with Crippen molar-refractivity contribution in [3.63, 3.8) is 0 Å². The third kappa shape index (κ3) is 3.02. The number of amides is 1. The van der Waals surface area contributed by atoms with Gasteiger partial charge in [-0.1, -0.05) is 11.6 Å². The van der Waals surface area contributed by atoms with Crippen LogP contribution in [-0.4, -0.2) is 40.9 Å². The number of rotatable bonds is 5. The number of hydrogen-bond acceptors (Lipinski definition) is 5. The molecule has 1 spiro atoms. The van der Waals surface area contributed by atoms with E-state index in [-0.39, 0.29) is 18.2 Å². The minimum atomic E-state index is -3.15. The summed E-state index contributed by atoms with van der Waals surface area (Å²) in [5, 5.41) is 1.24. The van der Waals surface area contributed by atoms with Crippen molar-refractivity contribution in [2.45, 2.75) is 31.3 Å². The van der Waals surface area contributed by atoms with E-state index in [4.69, 9.17) is 11.6 Å². The molecule has 3 aromatic heterocycles. The van der Waals surface area contributed by atoms with Crippen LogP contribution in [0, 0.1) is 0 Å². The fraction of sp³-hybridized carbons (Fsp3) is 0.350. The first-order valence-electron chi connectivity index (χ1n) is 9.36. The zero-order chi connectivity index (χ0) is 20.4. The van der Waals surface area contributed by atoms with Gasteiger partial charge < -0.3 is 9.47 Å². The highest BCUT2D eigenvalue weighted by atomic mass is 35.5. The summed E-state index contributed by atoms with van der Waals surface area (Å²) in [6, 6.07) is 5.64. The van der Waals surface area contributed by atoms with Crippen molar-refractivity contribution in [1.29, 1.82) is 0 Å². The first-order valence-corrected chi connectivity index (χ1v) is 11.8. The maximum Gasteiger partial charge on any atom is 0.238 e. The highest BCUT2D eigenvalue weighted by molar-refractivity contribution is 7.90. The second-order valence-corrected chi connectivity index (χ2v) is 10.5. The van der Waals surface area contributed by atoms with Crippen LogP contribution in [0.5, 0.6) is 0 Å². The number of halogens is 1. The van der Waals surface area contributed by atoms with Crippen LogP contribution in [0.15, 0.2) is 36.8 Å². The molecule has 1 aliphatic heterocycles. The highest BCUT2D eigenvalue weighted by Gasteiger charge is 2.59. The molecule has 0 unspecified atom stereocenters. The Balaban J connectivity index is 1.58. The summed E-state index contributed by atoms with van der Waals surface area (Å²) >= 11 is 6.05. The van der Waals surface area contributed by atoms with Crippen molar-refractivity contribution in [1.82, 2.24) is 14.5 Å². The molecule has 0 aromatic carbocycles. The molecule has 3 aromatic rings. The summed E-state index contributed by atoms with van der Waals surface area (Å²) in [6.07, 6.45) is 8.05. The standard InChI is InChI=1S/C20H19ClN4O3S/c1-29(27,28)7-6-24-14(8-13-9-18(21)23-11-16(13)24)12-25-17-10-22-5-2-15(17)20(3-4-20)19(25)26/h2,5,8-11H,3-4,6-7,12H2,1H3. The van der Waals surface area contributed by atoms with Gasteiger partial charge in [0.25, 0.3) is 0 Å². The van der Waals surface area contributed by atoms with Gasteiger partial charge in [0.1, 0.15) is 15.0 Å². The van der Waals surface area contributed by atoms with Gasteiger partial charge in [-0.15, -0.1) is 0 Å². The number of pyridine rings is 2. The lowest BCUT2D eigenvalue weighted by molar-refractivity contribution is -0.120. The molecule has 5 rings (SSSR count). The first kappa shape index (κ1) is 18.6. The lowest BCUT2D eigenvalue weighted by Gasteiger charge is -2.19. The summed E-state index contributed by atoms with van der Waals surface area (Å²) in [7, 11) is -3.15. The molecule has 7 nitrogen and oxygen atoms in total. The first-order chi connectivity index (χ1) is 13.8. The Bertz CT molecular complexity index is 1260. The van der Waals surface area contributed by atoms with Gasteiger partial charge in [-0.25, -0.2) is 13.4 Å². The molecule has 0 N–H and O–H groups in total. The number of hydrogen-bond donors (Lipinski definition) is 0. The molecular weight excluding hydrogens is 412 g/mol. The van der Waals surface area contributed by atoms with Crippen molar-refractivity contribution in [2.24, 2.45) is 0 Å². The van der Waals surface area contributed by atoms with E-state index >= 15 is 0 Å². The molecule has 1 aliphatic carbocycles. The smallest absolute Gasteiger partial charge is 0.238 e. The van der Waals surface area contributed by atoms with Crippen LogP contribution < -0.4 is 4.90 Å². The fourth-order valence-electron chi connectivity index (χ4n) is 4.26. The predicted molar refractivity (Wildman–Crippen MR) is 111 cm³/mol. The van der Waals surface area contributed by atoms with Crippen LogP contribution >= 0.6 is 11.6 Å². The van der Waals surface area contributed by atoms with Crippen LogP contribution in [0.25, 0.3) is 10.9 Å². The number of carbonyl (C=O) groups excluding carboxylic acids is 1. The molecule has 0 radical (unpaired) electrons. The largest absolute Gasteiger partial charge is 0.341 e. The van der Waals surface area contributed by atoms with Gasteiger partial charge in [0.15, 0.2) is 0 Å². The molecule has 2 aliphatic rings. The van der Waals surface area contributed by atoms with Crippen LogP contribution in [0.2, 0.25) is 5.15 Å². The molecule has 29 heavy (non-hydrogen) atoms. The maximum absolute atomic E-state index is 13.2. The van der Waals surface area contributed by atoms with Crippen LogP contribution in [0.1, 0.15) is 24.1 Å². The van der Waals surface area contributed by atoms with Gasteiger partial charge in [-0.2, -0.15) is 0 Å². The molecule has 0 bridgehead atoms. The average molecular weight is 431 g/mol. The normalized spacial score (nSPS) is 17.3. The van der Waals surface area contributed by atoms with E-state index in [9.17, 15) is 13.2 Å². The quantitative estimate of drug-likeness (QED) is 0.581. The monoisotopic (exact) mass is 430 g/mol. The van der Waals surface area contributed by atoms with E-state index in [2.05, 4.69) is 9.97 Å². The summed E-state index contributed by atoms with van der Waals surface area (Å²) < 4.78 is 25.4. The number of aromatic nitrogens is 3. The van der Waals surface area contributed by atoms with Crippen LogP contribution in [0.3, 0.4) is 0 Å². The van der Waals surface area contributed by atoms with Crippen LogP contribution in [0.4, 0.5) is 5.69 Å². The molecule has 1 saturated carbocycles. The number of fused-ring (bicyclic) bond motifs is 3. The molecule has 0 atom stereocenters. The topological polar surface area (TPSA) is 85.2 Å². The second-order valence-electron chi connectivity index (χ2n) is 7.85. The lowest BCUT2D eigenvalue weighted by Crippen LogP contribution is -2.32. The number of carbonyl (C=O) groups is 1. The third-order valence-electron chi connectivity index (χ3n) is 5.86. The van der Waals surface area contributed by atoms with Crippen molar-refractivity contribution < 1.29 is 13.2 Å². The van der Waals surface area contributed by atoms with E-state index in [1.165, 1.54) is 6.26 Å². The van der Waals surface area contributed by atoms with Gasteiger partial charge in [0, 0.05) is 30.1 Å². The molecular formula is C20H19ClN4O3S. The Hall–Kier alpha value is -2.45. The third-order valence-corrected chi connectivity index (χ3v) is 6.99. The van der Waals surface area contributed by atoms with Gasteiger partial charge in [0.05, 0.1) is 41.3 Å². The molecule has 1 amide bonds. The van der Waals surface area contributed by atoms with Crippen LogP contribution in [-0.2, 0) is 33.1 Å². The number of aryl methyl sites for hydroxylation is 1. The van der Waals surface area contributed by atoms with Gasteiger partial charge in [0.2, 0.25) is 5.91 Å². The van der Waals surface area contributed by atoms with Crippen molar-refractivity contribution in [3.05, 3.63) is 53.2 Å². The zero-order valence-electron chi connectivity index (χ0n) is 15.8. The van der Waals surface area contributed by atoms with E-state index in [1.807, 2.05) is 16.7 Å². The number of sulfone groups is 1. The van der Waals surface area contributed by atoms with Gasteiger partial charge in [-0.3, -0.25) is 9.78 Å². The summed E-state index contributed by atoms with van der Waals surface area (Å²) in [5.41, 5.74) is 3.13. The van der Waals surface area contributed by atoms with Gasteiger partial charge >= 0.3 is 0 Å². The van der Waals surface area contributed by atoms with Crippen molar-refractivity contribution in [2.75, 3.05) is 16.9 Å². The average Bonchev–Trinajstić information content (AvgIpc) is 3.36. The van der Waals surface area contributed by atoms with E-state index in [0.717, 1.165) is 40.7 Å². The Labute approximate surface area is 173 Å². The molecule has 9 heteroatoms. The SMILES string of the molecule is CS(=O)(=O)CCn1c(CN2C(=O)C3(CC3)c3ccncc32)cc2cc(Cl)ncc21. The molecule has 1 fully saturated rings. The number of anilines is 1. The van der Waals surface area contributed by atoms with Crippen molar-refractivity contribution >= 4 is 43.9 Å². The molecule has 0 saturated heterocycles. The van der Waals surface area contributed by atoms with E-state index < -0.39 is 15.3 Å². The highest BCUT2D eigenvalue weighted by Crippen LogP contribution is 2.57. The Kier molecular flexibility index (Phi) is 4.02. The zero-order valence-corrected chi connectivity index (χ0v) is 17.4. The molecule has 150 valence electrons. The molecule has 4 heterocycles. The Morgan fingerprint density at radius 3 is 2.76 bits per heavy atom. The number of nitrogens with zero attached hydrogens (tertiary/aromatic N) is 4. The summed E-state index contributed by atoms with van der Waals surface area (Å²) in [6.45, 7) is 0.628. The Morgan fingerprint density at radius 1 is 1.24 bits per heavy atom. The van der Waals surface area contributed by atoms with E-state index in [0.29, 0.717) is 11.7 Å². The second kappa shape index (κ2) is 6.27. The Morgan fingerprint density at radius 2 is 2.03 bits per heavy atom. The van der Waals surface area contributed by atoms with Crippen molar-refractivity contribution in [3.8, 4) is 0 Å². The van der Waals surface area contributed by atoms with E-state index in [1.54, 1.807) is 29.6 Å².